The van der Waals surface area contributed by atoms with Crippen molar-refractivity contribution in [1.29, 1.82) is 0 Å². The van der Waals surface area contributed by atoms with Gasteiger partial charge in [0.2, 0.25) is 0 Å². The monoisotopic (exact) mass is 290 g/mol. The summed E-state index contributed by atoms with van der Waals surface area (Å²) in [5.74, 6) is -0.0381. The fourth-order valence-electron chi connectivity index (χ4n) is 2.00. The van der Waals surface area contributed by atoms with Crippen molar-refractivity contribution in [3.63, 3.8) is 0 Å². The van der Waals surface area contributed by atoms with E-state index in [0.717, 1.165) is 11.3 Å². The van der Waals surface area contributed by atoms with Gasteiger partial charge in [-0.15, -0.1) is 5.10 Å². The summed E-state index contributed by atoms with van der Waals surface area (Å²) in [5.41, 5.74) is 3.63. The number of aromatic nitrogens is 4. The zero-order valence-corrected chi connectivity index (χ0v) is 12.0. The van der Waals surface area contributed by atoms with Crippen LogP contribution in [0, 0.1) is 6.92 Å². The first-order valence-corrected chi connectivity index (χ1v) is 6.85. The number of tetrazole rings is 1. The normalized spacial score (nSPS) is 11.0. The van der Waals surface area contributed by atoms with Crippen molar-refractivity contribution in [1.82, 2.24) is 20.2 Å². The Hall–Kier alpha value is -3.08. The highest BCUT2D eigenvalue weighted by molar-refractivity contribution is 6.06. The third-order valence-electron chi connectivity index (χ3n) is 3.27. The SMILES string of the molecule is Cc1ccc(/C=C/C(=O)c2ccc(-n3cnnn3)cc2)cc1. The molecule has 3 rings (SSSR count). The minimum atomic E-state index is -0.0381. The molecular formula is C17H14N4O. The first-order chi connectivity index (χ1) is 10.7. The van der Waals surface area contributed by atoms with Crippen LogP contribution in [0.4, 0.5) is 0 Å². The third kappa shape index (κ3) is 3.15. The van der Waals surface area contributed by atoms with Gasteiger partial charge in [-0.05, 0) is 53.3 Å². The largest absolute Gasteiger partial charge is 0.289 e. The van der Waals surface area contributed by atoms with Crippen molar-refractivity contribution in [2.75, 3.05) is 0 Å². The van der Waals surface area contributed by atoms with Crippen LogP contribution in [0.3, 0.4) is 0 Å². The second kappa shape index (κ2) is 6.13. The molecule has 0 unspecified atom stereocenters. The van der Waals surface area contributed by atoms with Crippen molar-refractivity contribution >= 4 is 11.9 Å². The van der Waals surface area contributed by atoms with Gasteiger partial charge < -0.3 is 0 Å². The van der Waals surface area contributed by atoms with Crippen LogP contribution >= 0.6 is 0 Å². The van der Waals surface area contributed by atoms with E-state index < -0.39 is 0 Å². The Kier molecular flexibility index (Phi) is 3.87. The second-order valence-corrected chi connectivity index (χ2v) is 4.91. The van der Waals surface area contributed by atoms with Gasteiger partial charge in [0.15, 0.2) is 5.78 Å². The summed E-state index contributed by atoms with van der Waals surface area (Å²) < 4.78 is 1.54. The fourth-order valence-corrected chi connectivity index (χ4v) is 2.00. The van der Waals surface area contributed by atoms with Crippen molar-refractivity contribution in [3.05, 3.63) is 77.6 Å². The molecule has 0 N–H and O–H groups in total. The number of hydrogen-bond donors (Lipinski definition) is 0. The molecule has 0 saturated carbocycles. The van der Waals surface area contributed by atoms with E-state index in [-0.39, 0.29) is 5.78 Å². The average Bonchev–Trinajstić information content (AvgIpc) is 3.09. The Bertz CT molecular complexity index is 788. The van der Waals surface area contributed by atoms with E-state index in [9.17, 15) is 4.79 Å². The molecule has 0 amide bonds. The lowest BCUT2D eigenvalue weighted by molar-refractivity contribution is 0.104. The molecule has 108 valence electrons. The molecule has 0 spiro atoms. The van der Waals surface area contributed by atoms with E-state index in [1.165, 1.54) is 16.6 Å². The molecule has 0 aliphatic rings. The van der Waals surface area contributed by atoms with Crippen LogP contribution in [0.1, 0.15) is 21.5 Å². The summed E-state index contributed by atoms with van der Waals surface area (Å²) in [4.78, 5) is 12.1. The second-order valence-electron chi connectivity index (χ2n) is 4.91. The van der Waals surface area contributed by atoms with Crippen molar-refractivity contribution in [2.24, 2.45) is 0 Å². The molecule has 3 aromatic rings. The molecule has 0 fully saturated rings. The van der Waals surface area contributed by atoms with E-state index in [1.54, 1.807) is 18.2 Å². The van der Waals surface area contributed by atoms with Crippen LogP contribution in [-0.4, -0.2) is 26.0 Å². The van der Waals surface area contributed by atoms with Gasteiger partial charge in [0.1, 0.15) is 6.33 Å². The molecule has 1 aromatic heterocycles. The first kappa shape index (κ1) is 13.9. The third-order valence-corrected chi connectivity index (χ3v) is 3.27. The van der Waals surface area contributed by atoms with Gasteiger partial charge in [0, 0.05) is 5.56 Å². The number of aryl methyl sites for hydroxylation is 1. The number of allylic oxidation sites excluding steroid dienone is 1. The summed E-state index contributed by atoms with van der Waals surface area (Å²) in [6, 6.07) is 15.2. The Balaban J connectivity index is 1.73. The molecule has 0 aliphatic carbocycles. The Morgan fingerprint density at radius 3 is 2.41 bits per heavy atom. The lowest BCUT2D eigenvalue weighted by Gasteiger charge is -2.00. The number of carbonyl (C=O) groups is 1. The van der Waals surface area contributed by atoms with Crippen LogP contribution in [0.5, 0.6) is 0 Å². The first-order valence-electron chi connectivity index (χ1n) is 6.85. The van der Waals surface area contributed by atoms with Crippen molar-refractivity contribution in [2.45, 2.75) is 6.92 Å². The molecule has 0 radical (unpaired) electrons. The van der Waals surface area contributed by atoms with Gasteiger partial charge in [0.25, 0.3) is 0 Å². The summed E-state index contributed by atoms with van der Waals surface area (Å²) in [5, 5.41) is 11.0. The summed E-state index contributed by atoms with van der Waals surface area (Å²) in [7, 11) is 0. The van der Waals surface area contributed by atoms with E-state index in [0.29, 0.717) is 5.56 Å². The van der Waals surface area contributed by atoms with Gasteiger partial charge in [-0.2, -0.15) is 0 Å². The minimum absolute atomic E-state index is 0.0381. The van der Waals surface area contributed by atoms with Gasteiger partial charge in [-0.1, -0.05) is 35.9 Å². The Labute approximate surface area is 127 Å². The quantitative estimate of drug-likeness (QED) is 0.547. The van der Waals surface area contributed by atoms with Gasteiger partial charge >= 0.3 is 0 Å². The molecular weight excluding hydrogens is 276 g/mol. The maximum Gasteiger partial charge on any atom is 0.185 e. The van der Waals surface area contributed by atoms with E-state index in [1.807, 2.05) is 49.4 Å². The molecule has 2 aromatic carbocycles. The van der Waals surface area contributed by atoms with E-state index in [4.69, 9.17) is 0 Å². The van der Waals surface area contributed by atoms with Crippen LogP contribution < -0.4 is 0 Å². The molecule has 1 heterocycles. The predicted molar refractivity (Wildman–Crippen MR) is 83.7 cm³/mol. The van der Waals surface area contributed by atoms with Crippen LogP contribution in [0.15, 0.2) is 60.9 Å². The minimum Gasteiger partial charge on any atom is -0.289 e. The zero-order chi connectivity index (χ0) is 15.4. The maximum atomic E-state index is 12.1. The fraction of sp³-hybridized carbons (Fsp3) is 0.0588. The number of benzene rings is 2. The number of ketones is 1. The average molecular weight is 290 g/mol. The van der Waals surface area contributed by atoms with Gasteiger partial charge in [-0.3, -0.25) is 4.79 Å². The highest BCUT2D eigenvalue weighted by Gasteiger charge is 2.03. The topological polar surface area (TPSA) is 60.7 Å². The standard InChI is InChI=1S/C17H14N4O/c1-13-2-4-14(5-3-13)6-11-17(22)15-7-9-16(10-8-15)21-12-18-19-20-21/h2-12H,1H3/b11-6+. The Morgan fingerprint density at radius 1 is 1.05 bits per heavy atom. The van der Waals surface area contributed by atoms with Crippen molar-refractivity contribution in [3.8, 4) is 5.69 Å². The number of carbonyl (C=O) groups excluding carboxylic acids is 1. The summed E-state index contributed by atoms with van der Waals surface area (Å²) >= 11 is 0. The van der Waals surface area contributed by atoms with E-state index >= 15 is 0 Å². The lowest BCUT2D eigenvalue weighted by Crippen LogP contribution is -1.98. The molecule has 0 atom stereocenters. The van der Waals surface area contributed by atoms with Gasteiger partial charge in [-0.25, -0.2) is 4.68 Å². The number of rotatable bonds is 4. The Morgan fingerprint density at radius 2 is 1.77 bits per heavy atom. The molecule has 5 nitrogen and oxygen atoms in total. The van der Waals surface area contributed by atoms with E-state index in [2.05, 4.69) is 15.5 Å². The molecule has 0 bridgehead atoms. The van der Waals surface area contributed by atoms with Crippen molar-refractivity contribution < 1.29 is 4.79 Å². The van der Waals surface area contributed by atoms with Gasteiger partial charge in [0.05, 0.1) is 5.69 Å². The lowest BCUT2D eigenvalue weighted by atomic mass is 10.1. The number of nitrogens with zero attached hydrogens (tertiary/aromatic N) is 4. The highest BCUT2D eigenvalue weighted by atomic mass is 16.1. The summed E-state index contributed by atoms with van der Waals surface area (Å²) in [6.45, 7) is 2.03. The molecule has 22 heavy (non-hydrogen) atoms. The van der Waals surface area contributed by atoms with Crippen LogP contribution in [0.25, 0.3) is 11.8 Å². The smallest absolute Gasteiger partial charge is 0.185 e. The maximum absolute atomic E-state index is 12.1. The molecule has 0 saturated heterocycles. The highest BCUT2D eigenvalue weighted by Crippen LogP contribution is 2.10. The van der Waals surface area contributed by atoms with Crippen LogP contribution in [0.2, 0.25) is 0 Å². The predicted octanol–water partition coefficient (Wildman–Crippen LogP) is 2.87. The molecule has 5 heteroatoms. The zero-order valence-electron chi connectivity index (χ0n) is 12.0. The number of hydrogen-bond acceptors (Lipinski definition) is 4. The summed E-state index contributed by atoms with van der Waals surface area (Å²) in [6.07, 6.45) is 4.90. The van der Waals surface area contributed by atoms with Crippen LogP contribution in [-0.2, 0) is 0 Å². The molecule has 0 aliphatic heterocycles.